The molecule has 148 valence electrons. The molecule has 0 saturated carbocycles. The van der Waals surface area contributed by atoms with Gasteiger partial charge in [-0.3, -0.25) is 4.79 Å². The molecule has 0 saturated heterocycles. The molecule has 0 atom stereocenters. The van der Waals surface area contributed by atoms with E-state index in [0.717, 1.165) is 23.1 Å². The van der Waals surface area contributed by atoms with Gasteiger partial charge in [0.1, 0.15) is 0 Å². The summed E-state index contributed by atoms with van der Waals surface area (Å²) < 4.78 is 11.4. The van der Waals surface area contributed by atoms with Gasteiger partial charge in [-0.1, -0.05) is 72.3 Å². The molecule has 1 N–H and O–H groups in total. The number of nitrogens with one attached hydrogen (secondary N) is 1. The Morgan fingerprint density at radius 3 is 2.21 bits per heavy atom. The van der Waals surface area contributed by atoms with Gasteiger partial charge in [0.05, 0.1) is 24.2 Å². The van der Waals surface area contributed by atoms with Gasteiger partial charge in [0.15, 0.2) is 11.5 Å². The van der Waals surface area contributed by atoms with Crippen LogP contribution in [-0.4, -0.2) is 19.1 Å². The topological polar surface area (TPSA) is 47.6 Å². The molecule has 3 aromatic carbocycles. The zero-order chi connectivity index (χ0) is 20.1. The number of hydrogen-bond acceptors (Lipinski definition) is 3. The highest BCUT2D eigenvalue weighted by atomic mass is 35.5. The lowest BCUT2D eigenvalue weighted by Gasteiger charge is -2.18. The lowest BCUT2D eigenvalue weighted by atomic mass is 9.90. The van der Waals surface area contributed by atoms with Crippen LogP contribution in [0.1, 0.15) is 29.0 Å². The highest BCUT2D eigenvalue weighted by Gasteiger charge is 2.23. The molecule has 1 amide bonds. The summed E-state index contributed by atoms with van der Waals surface area (Å²) in [6.45, 7) is 1.52. The van der Waals surface area contributed by atoms with Crippen LogP contribution < -0.4 is 14.8 Å². The second kappa shape index (κ2) is 9.01. The Morgan fingerprint density at radius 1 is 0.931 bits per heavy atom. The molecule has 0 aromatic heterocycles. The summed E-state index contributed by atoms with van der Waals surface area (Å²) in [4.78, 5) is 13.1. The molecule has 0 radical (unpaired) electrons. The number of fused-ring (bicyclic) bond motifs is 1. The predicted molar refractivity (Wildman–Crippen MR) is 114 cm³/mol. The van der Waals surface area contributed by atoms with Crippen molar-refractivity contribution in [2.24, 2.45) is 0 Å². The molecular formula is C24H22ClNO3. The number of carbonyl (C=O) groups is 1. The average molecular weight is 408 g/mol. The molecule has 0 bridgehead atoms. The van der Waals surface area contributed by atoms with E-state index in [4.69, 9.17) is 21.1 Å². The van der Waals surface area contributed by atoms with Crippen LogP contribution in [0.4, 0.5) is 0 Å². The summed E-state index contributed by atoms with van der Waals surface area (Å²) in [5.74, 6) is 0.756. The number of carbonyl (C=O) groups excluding carboxylic acids is 1. The summed E-state index contributed by atoms with van der Waals surface area (Å²) in [7, 11) is 0. The van der Waals surface area contributed by atoms with E-state index in [0.29, 0.717) is 36.3 Å². The number of hydrogen-bond donors (Lipinski definition) is 1. The molecule has 0 spiro atoms. The van der Waals surface area contributed by atoms with Crippen molar-refractivity contribution in [3.63, 3.8) is 0 Å². The number of amides is 1. The Hall–Kier alpha value is -2.98. The van der Waals surface area contributed by atoms with Gasteiger partial charge in [0.2, 0.25) is 5.91 Å². The fourth-order valence-corrected chi connectivity index (χ4v) is 3.75. The van der Waals surface area contributed by atoms with E-state index in [9.17, 15) is 4.79 Å². The zero-order valence-corrected chi connectivity index (χ0v) is 16.7. The third-order valence-corrected chi connectivity index (χ3v) is 5.14. The highest BCUT2D eigenvalue weighted by molar-refractivity contribution is 6.32. The molecular weight excluding hydrogens is 386 g/mol. The van der Waals surface area contributed by atoms with E-state index in [1.807, 2.05) is 72.8 Å². The fraction of sp³-hybridized carbons (Fsp3) is 0.208. The molecule has 5 heteroatoms. The largest absolute Gasteiger partial charge is 0.489 e. The molecule has 4 rings (SSSR count). The fourth-order valence-electron chi connectivity index (χ4n) is 3.46. The van der Waals surface area contributed by atoms with Gasteiger partial charge in [-0.05, 0) is 28.8 Å². The van der Waals surface area contributed by atoms with Gasteiger partial charge in [-0.25, -0.2) is 0 Å². The molecule has 1 aliphatic heterocycles. The van der Waals surface area contributed by atoms with Crippen molar-refractivity contribution < 1.29 is 14.3 Å². The maximum atomic E-state index is 13.1. The van der Waals surface area contributed by atoms with Crippen LogP contribution in [0.25, 0.3) is 0 Å². The first-order valence-electron chi connectivity index (χ1n) is 9.68. The summed E-state index contributed by atoms with van der Waals surface area (Å²) >= 11 is 6.37. The van der Waals surface area contributed by atoms with Gasteiger partial charge in [-0.2, -0.15) is 0 Å². The van der Waals surface area contributed by atoms with Crippen molar-refractivity contribution >= 4 is 17.5 Å². The van der Waals surface area contributed by atoms with Crippen molar-refractivity contribution in [1.82, 2.24) is 5.32 Å². The van der Waals surface area contributed by atoms with Crippen molar-refractivity contribution in [3.8, 4) is 11.5 Å². The molecule has 1 aliphatic rings. The molecule has 0 unspecified atom stereocenters. The van der Waals surface area contributed by atoms with E-state index >= 15 is 0 Å². The first-order valence-corrected chi connectivity index (χ1v) is 10.1. The normalized spacial score (nSPS) is 13.0. The Kier molecular flexibility index (Phi) is 6.01. The van der Waals surface area contributed by atoms with Crippen LogP contribution in [-0.2, 0) is 11.3 Å². The van der Waals surface area contributed by atoms with Gasteiger partial charge < -0.3 is 14.8 Å². The maximum Gasteiger partial charge on any atom is 0.232 e. The Bertz CT molecular complexity index is 937. The van der Waals surface area contributed by atoms with Crippen LogP contribution in [0.15, 0.2) is 72.8 Å². The number of ether oxygens (including phenoxy) is 2. The molecule has 1 heterocycles. The first kappa shape index (κ1) is 19.3. The maximum absolute atomic E-state index is 13.1. The highest BCUT2D eigenvalue weighted by Crippen LogP contribution is 2.38. The minimum atomic E-state index is -0.381. The van der Waals surface area contributed by atoms with E-state index in [1.165, 1.54) is 0 Å². The van der Waals surface area contributed by atoms with Crippen LogP contribution in [0.5, 0.6) is 11.5 Å². The molecule has 29 heavy (non-hydrogen) atoms. The van der Waals surface area contributed by atoms with E-state index < -0.39 is 0 Å². The van der Waals surface area contributed by atoms with Gasteiger partial charge >= 0.3 is 0 Å². The molecule has 0 aliphatic carbocycles. The van der Waals surface area contributed by atoms with Crippen molar-refractivity contribution in [2.75, 3.05) is 13.2 Å². The van der Waals surface area contributed by atoms with Crippen molar-refractivity contribution in [3.05, 3.63) is 94.5 Å². The molecule has 0 fully saturated rings. The predicted octanol–water partition coefficient (Wildman–Crippen LogP) is 4.95. The lowest BCUT2D eigenvalue weighted by molar-refractivity contribution is -0.121. The number of halogens is 1. The van der Waals surface area contributed by atoms with E-state index in [-0.39, 0.29) is 11.8 Å². The van der Waals surface area contributed by atoms with E-state index in [1.54, 1.807) is 0 Å². The second-order valence-corrected chi connectivity index (χ2v) is 7.33. The summed E-state index contributed by atoms with van der Waals surface area (Å²) in [6, 6.07) is 23.3. The minimum Gasteiger partial charge on any atom is -0.489 e. The first-order chi connectivity index (χ1) is 14.2. The number of rotatable bonds is 5. The SMILES string of the molecule is O=C(NCc1cc(Cl)c2c(c1)OCCCO2)C(c1ccccc1)c1ccccc1. The Morgan fingerprint density at radius 2 is 1.55 bits per heavy atom. The monoisotopic (exact) mass is 407 g/mol. The van der Waals surface area contributed by atoms with Crippen molar-refractivity contribution in [1.29, 1.82) is 0 Å². The summed E-state index contributed by atoms with van der Waals surface area (Å²) in [5, 5.41) is 3.55. The molecule has 3 aromatic rings. The van der Waals surface area contributed by atoms with Gasteiger partial charge in [-0.15, -0.1) is 0 Å². The summed E-state index contributed by atoms with van der Waals surface area (Å²) in [6.07, 6.45) is 0.812. The average Bonchev–Trinajstić information content (AvgIpc) is 3.00. The van der Waals surface area contributed by atoms with Gasteiger partial charge in [0, 0.05) is 13.0 Å². The third-order valence-electron chi connectivity index (χ3n) is 4.86. The zero-order valence-electron chi connectivity index (χ0n) is 15.9. The number of benzene rings is 3. The lowest BCUT2D eigenvalue weighted by Crippen LogP contribution is -2.29. The van der Waals surface area contributed by atoms with Gasteiger partial charge in [0.25, 0.3) is 0 Å². The van der Waals surface area contributed by atoms with Crippen LogP contribution in [0.3, 0.4) is 0 Å². The standard InChI is InChI=1S/C24H22ClNO3/c25-20-14-17(15-21-23(20)29-13-7-12-28-21)16-26-24(27)22(18-8-3-1-4-9-18)19-10-5-2-6-11-19/h1-6,8-11,14-15,22H,7,12-13,16H2,(H,26,27). The van der Waals surface area contributed by atoms with Crippen molar-refractivity contribution in [2.45, 2.75) is 18.9 Å². The Balaban J connectivity index is 1.54. The Labute approximate surface area is 175 Å². The van der Waals surface area contributed by atoms with Crippen LogP contribution >= 0.6 is 11.6 Å². The van der Waals surface area contributed by atoms with E-state index in [2.05, 4.69) is 5.32 Å². The second-order valence-electron chi connectivity index (χ2n) is 6.93. The third kappa shape index (κ3) is 4.54. The van der Waals surface area contributed by atoms with Crippen LogP contribution in [0, 0.1) is 0 Å². The minimum absolute atomic E-state index is 0.0642. The smallest absolute Gasteiger partial charge is 0.232 e. The quantitative estimate of drug-likeness (QED) is 0.651. The van der Waals surface area contributed by atoms with Crippen LogP contribution in [0.2, 0.25) is 5.02 Å². The summed E-state index contributed by atoms with van der Waals surface area (Å²) in [5.41, 5.74) is 2.77. The molecule has 4 nitrogen and oxygen atoms in total.